The summed E-state index contributed by atoms with van der Waals surface area (Å²) in [6, 6.07) is 0. The molecule has 8 heteroatoms. The van der Waals surface area contributed by atoms with Crippen LogP contribution in [-0.2, 0) is 11.0 Å². The van der Waals surface area contributed by atoms with Crippen molar-refractivity contribution < 1.29 is 27.7 Å². The van der Waals surface area contributed by atoms with Gasteiger partial charge in [-0.25, -0.2) is 8.42 Å². The minimum atomic E-state index is -3.12. The fourth-order valence-electron chi connectivity index (χ4n) is 0. The topological polar surface area (TPSA) is 115 Å². The van der Waals surface area contributed by atoms with Gasteiger partial charge in [-0.1, -0.05) is 0 Å². The second-order valence-corrected chi connectivity index (χ2v) is 1.52. The third-order valence-corrected chi connectivity index (χ3v) is 0. The van der Waals surface area contributed by atoms with Crippen LogP contribution in [0.15, 0.2) is 0 Å². The molecule has 0 radical (unpaired) electrons. The van der Waals surface area contributed by atoms with Crippen LogP contribution in [0.25, 0.3) is 0 Å². The lowest BCUT2D eigenvalue weighted by atomic mass is 15.8. The summed E-state index contributed by atoms with van der Waals surface area (Å²) in [5.74, 6) is 0. The fraction of sp³-hybridized carbons (Fsp3) is 0. The van der Waals surface area contributed by atoms with E-state index in [-0.39, 0.29) is 0 Å². The molecule has 0 aromatic heterocycles. The Bertz CT molecular complexity index is 81.9. The predicted molar refractivity (Wildman–Crippen MR) is 26.5 cm³/mol. The van der Waals surface area contributed by atoms with Gasteiger partial charge in [0.2, 0.25) is 0 Å². The van der Waals surface area contributed by atoms with Crippen LogP contribution in [-0.4, -0.2) is 27.7 Å². The van der Waals surface area contributed by atoms with E-state index in [9.17, 15) is 0 Å². The molecule has 6 nitrogen and oxygen atoms in total. The number of rotatable bonds is 0. The van der Waals surface area contributed by atoms with Crippen LogP contribution >= 0.6 is 8.60 Å². The van der Waals surface area contributed by atoms with Gasteiger partial charge in [0.25, 0.3) is 11.0 Å². The van der Waals surface area contributed by atoms with Gasteiger partial charge in [0.15, 0.2) is 0 Å². The van der Waals surface area contributed by atoms with Crippen LogP contribution in [0.5, 0.6) is 0 Å². The van der Waals surface area contributed by atoms with Gasteiger partial charge < -0.3 is 14.7 Å². The molecule has 0 saturated carbocycles. The Labute approximate surface area is 48.2 Å². The van der Waals surface area contributed by atoms with Crippen LogP contribution in [0.4, 0.5) is 0 Å². The molecule has 0 aliphatic carbocycles. The van der Waals surface area contributed by atoms with Gasteiger partial charge in [0, 0.05) is 0 Å². The van der Waals surface area contributed by atoms with E-state index >= 15 is 0 Å². The summed E-state index contributed by atoms with van der Waals surface area (Å²) < 4.78 is 24.2. The van der Waals surface area contributed by atoms with Gasteiger partial charge >= 0.3 is 8.60 Å². The number of hydrogen-bond donors (Lipinski definition) is 5. The van der Waals surface area contributed by atoms with Crippen LogP contribution < -0.4 is 0 Å². The molecule has 0 aromatic carbocycles. The van der Waals surface area contributed by atoms with Gasteiger partial charge in [-0.3, -0.25) is 4.55 Å². The largest absolute Gasteiger partial charge is 0.328 e. The molecule has 4 N–H and O–H groups in total. The third kappa shape index (κ3) is 3500. The van der Waals surface area contributed by atoms with E-state index in [1.165, 1.54) is 0 Å². The maximum atomic E-state index is 8.59. The summed E-state index contributed by atoms with van der Waals surface area (Å²) >= 11 is 0. The summed E-state index contributed by atoms with van der Waals surface area (Å²) in [5, 5.41) is 0. The van der Waals surface area contributed by atoms with Crippen LogP contribution in [0.2, 0.25) is 0 Å². The van der Waals surface area contributed by atoms with Crippen molar-refractivity contribution in [2.24, 2.45) is 0 Å². The summed E-state index contributed by atoms with van der Waals surface area (Å²) in [7, 11) is -5.74. The molecule has 0 saturated heterocycles. The van der Waals surface area contributed by atoms with Crippen molar-refractivity contribution in [3.63, 3.8) is 0 Å². The molecule has 0 atom stereocenters. The molecule has 0 aromatic rings. The van der Waals surface area contributed by atoms with Crippen molar-refractivity contribution in [1.82, 2.24) is 0 Å². The third-order valence-electron chi connectivity index (χ3n) is 0. The Morgan fingerprint density at radius 2 is 1.12 bits per heavy atom. The van der Waals surface area contributed by atoms with Crippen molar-refractivity contribution >= 4 is 19.6 Å². The first-order chi connectivity index (χ1) is 3.46. The maximum absolute atomic E-state index is 8.59. The highest BCUT2D eigenvalue weighted by Gasteiger charge is 1.76. The van der Waals surface area contributed by atoms with E-state index in [0.29, 0.717) is 0 Å². The lowest BCUT2D eigenvalue weighted by Gasteiger charge is -1.76. The molecule has 0 aliphatic rings. The Kier molecular flexibility index (Phi) is 10.00. The lowest BCUT2D eigenvalue weighted by Crippen LogP contribution is -1.58. The minimum absolute atomic E-state index is 2.62. The quantitative estimate of drug-likeness (QED) is 0.165. The second-order valence-electron chi connectivity index (χ2n) is 0.506. The molecular weight excluding hydrogens is 159 g/mol. The normalized spacial score (nSPS) is 8.75. The molecule has 0 bridgehead atoms. The molecule has 0 amide bonds. The molecule has 0 rings (SSSR count). The van der Waals surface area contributed by atoms with Gasteiger partial charge in [-0.15, -0.1) is 0 Å². The van der Waals surface area contributed by atoms with Crippen molar-refractivity contribution in [2.75, 3.05) is 0 Å². The molecule has 0 unspecified atom stereocenters. The van der Waals surface area contributed by atoms with Crippen molar-refractivity contribution in [1.29, 1.82) is 0 Å². The van der Waals surface area contributed by atoms with E-state index in [1.807, 2.05) is 0 Å². The average molecular weight is 164 g/mol. The van der Waals surface area contributed by atoms with Crippen LogP contribution in [0.1, 0.15) is 0 Å². The number of hydrogen-bond acceptors (Lipinski definition) is 5. The maximum Gasteiger partial charge on any atom is 0.324 e. The van der Waals surface area contributed by atoms with Gasteiger partial charge in [-0.05, 0) is 0 Å². The van der Waals surface area contributed by atoms with E-state index in [4.69, 9.17) is 27.7 Å². The monoisotopic (exact) mass is 164 g/mol. The fourth-order valence-corrected chi connectivity index (χ4v) is 0. The zero-order valence-corrected chi connectivity index (χ0v) is 5.29. The zero-order valence-electron chi connectivity index (χ0n) is 3.50. The van der Waals surface area contributed by atoms with Gasteiger partial charge in [-0.2, -0.15) is 0 Å². The van der Waals surface area contributed by atoms with E-state index in [2.05, 4.69) is 0 Å². The lowest BCUT2D eigenvalue weighted by molar-refractivity contribution is 0.368. The summed E-state index contributed by atoms with van der Waals surface area (Å²) in [4.78, 5) is 21.7. The first kappa shape index (κ1) is 11.1. The molecule has 0 fully saturated rings. The minimum Gasteiger partial charge on any atom is -0.328 e. The Hall–Kier alpha value is 0.220. The summed E-state index contributed by atoms with van der Waals surface area (Å²) in [6.45, 7) is 0. The Morgan fingerprint density at radius 3 is 1.12 bits per heavy atom. The molecule has 0 heterocycles. The summed E-state index contributed by atoms with van der Waals surface area (Å²) in [6.07, 6.45) is 0. The molecule has 0 aliphatic heterocycles. The molecule has 8 heavy (non-hydrogen) atoms. The Balaban J connectivity index is 0. The van der Waals surface area contributed by atoms with Crippen LogP contribution in [0.3, 0.4) is 0 Å². The summed E-state index contributed by atoms with van der Waals surface area (Å²) in [5.41, 5.74) is 0. The average Bonchev–Trinajstić information content (AvgIpc) is 1.25. The highest BCUT2D eigenvalue weighted by atomic mass is 32.2. The van der Waals surface area contributed by atoms with Crippen molar-refractivity contribution in [2.45, 2.75) is 0 Å². The second kappa shape index (κ2) is 7.22. The first-order valence-electron chi connectivity index (χ1n) is 1.17. The highest BCUT2D eigenvalue weighted by molar-refractivity contribution is 7.66. The zero-order chi connectivity index (χ0) is 7.15. The van der Waals surface area contributed by atoms with E-state index < -0.39 is 19.6 Å². The standard InChI is InChI=1S/H3O3P.H2O3S/c2*1-4(2)3/h1-3H;4H,(H,1,2,3). The molecular formula is H5O6PS. The van der Waals surface area contributed by atoms with Crippen molar-refractivity contribution in [3.05, 3.63) is 0 Å². The van der Waals surface area contributed by atoms with E-state index in [1.54, 1.807) is 0 Å². The highest BCUT2D eigenvalue weighted by Crippen LogP contribution is 2.11. The van der Waals surface area contributed by atoms with E-state index in [0.717, 1.165) is 0 Å². The smallest absolute Gasteiger partial charge is 0.324 e. The Morgan fingerprint density at radius 1 is 1.12 bits per heavy atom. The number of thiol groups is 1. The molecule has 0 spiro atoms. The molecule has 52 valence electrons. The predicted octanol–water partition coefficient (Wildman–Crippen LogP) is -1.74. The SMILES string of the molecule is O=[SH](=O)O.OP(O)O. The first-order valence-corrected chi connectivity index (χ1v) is 3.50. The van der Waals surface area contributed by atoms with Gasteiger partial charge in [0.05, 0.1) is 0 Å². The van der Waals surface area contributed by atoms with Crippen molar-refractivity contribution in [3.8, 4) is 0 Å². The van der Waals surface area contributed by atoms with Gasteiger partial charge in [0.1, 0.15) is 0 Å². The van der Waals surface area contributed by atoms with Crippen LogP contribution in [0, 0.1) is 0 Å².